The molecule has 0 amide bonds. The van der Waals surface area contributed by atoms with Gasteiger partial charge in [0.1, 0.15) is 0 Å². The summed E-state index contributed by atoms with van der Waals surface area (Å²) in [5.74, 6) is 0. The van der Waals surface area contributed by atoms with Crippen LogP contribution in [0.1, 0.15) is 47.2 Å². The van der Waals surface area contributed by atoms with E-state index >= 15 is 0 Å². The summed E-state index contributed by atoms with van der Waals surface area (Å²) >= 11 is 1.88. The molecule has 12 rings (SSSR count). The Labute approximate surface area is 361 Å². The number of fused-ring (bicyclic) bond motifs is 8. The molecule has 0 fully saturated rings. The number of anilines is 3. The molecule has 1 aliphatic carbocycles. The van der Waals surface area contributed by atoms with Gasteiger partial charge < -0.3 is 9.47 Å². The van der Waals surface area contributed by atoms with Crippen LogP contribution in [0.15, 0.2) is 228 Å². The molecule has 0 saturated heterocycles. The van der Waals surface area contributed by atoms with Crippen molar-refractivity contribution in [2.75, 3.05) is 4.90 Å². The lowest BCUT2D eigenvalue weighted by atomic mass is 9.68. The van der Waals surface area contributed by atoms with E-state index in [0.29, 0.717) is 0 Å². The average Bonchev–Trinajstić information content (AvgIpc) is 3.81. The van der Waals surface area contributed by atoms with Crippen LogP contribution in [0, 0.1) is 0 Å². The molecular weight excluding hydrogens is 757 g/mol. The van der Waals surface area contributed by atoms with Crippen molar-refractivity contribution in [2.45, 2.75) is 34.5 Å². The number of rotatable bonds is 6. The van der Waals surface area contributed by atoms with Crippen LogP contribution in [0.4, 0.5) is 17.1 Å². The van der Waals surface area contributed by atoms with E-state index in [1.165, 1.54) is 76.1 Å². The van der Waals surface area contributed by atoms with E-state index < -0.39 is 5.41 Å². The molecule has 9 aromatic carbocycles. The smallest absolute Gasteiger partial charge is 0.0713 e. The summed E-state index contributed by atoms with van der Waals surface area (Å²) in [4.78, 5) is 5.11. The molecule has 0 N–H and O–H groups in total. The summed E-state index contributed by atoms with van der Waals surface area (Å²) in [6.45, 7) is 4.75. The van der Waals surface area contributed by atoms with Crippen molar-refractivity contribution in [3.63, 3.8) is 0 Å². The first kappa shape index (κ1) is 35.8. The first-order valence-corrected chi connectivity index (χ1v) is 22.0. The van der Waals surface area contributed by atoms with Gasteiger partial charge in [0.2, 0.25) is 0 Å². The largest absolute Gasteiger partial charge is 0.310 e. The van der Waals surface area contributed by atoms with E-state index in [2.05, 4.69) is 242 Å². The molecule has 1 aliphatic heterocycles. The number of para-hydroxylation sites is 2. The predicted molar refractivity (Wildman–Crippen MR) is 255 cm³/mol. The fourth-order valence-electron chi connectivity index (χ4n) is 10.5. The lowest BCUT2D eigenvalue weighted by molar-refractivity contribution is 0.607. The van der Waals surface area contributed by atoms with Gasteiger partial charge in [-0.05, 0) is 111 Å². The fraction of sp³-hybridized carbons (Fsp3) is 0.0690. The van der Waals surface area contributed by atoms with Gasteiger partial charge in [0.15, 0.2) is 0 Å². The van der Waals surface area contributed by atoms with Crippen LogP contribution in [0.3, 0.4) is 0 Å². The summed E-state index contributed by atoms with van der Waals surface area (Å²) in [6, 6.07) is 81.0. The number of nitrogens with zero attached hydrogens (tertiary/aromatic N) is 2. The van der Waals surface area contributed by atoms with Crippen molar-refractivity contribution in [1.29, 1.82) is 0 Å². The minimum absolute atomic E-state index is 0.169. The van der Waals surface area contributed by atoms with Gasteiger partial charge >= 0.3 is 0 Å². The first-order chi connectivity index (χ1) is 30.0. The molecule has 0 bridgehead atoms. The average molecular weight is 799 g/mol. The topological polar surface area (TPSA) is 8.17 Å². The molecule has 290 valence electrons. The zero-order valence-corrected chi connectivity index (χ0v) is 34.9. The standard InChI is InChI=1S/C58H42N2S/c1-57(2)51-26-14-16-28-55(51)61-56-36-34-43(37-52(56)57)59(44-33-35-48-47-23-11-15-27-53(47)60(54(48)38-44)41-19-7-4-8-20-41)42-31-29-40(30-32-42)58(39-17-5-3-6-18-39)49-24-12-9-21-45(49)46-22-10-13-25-50(46)58/h3-38H,1-2H3. The quantitative estimate of drug-likeness (QED) is 0.166. The Morgan fingerprint density at radius 2 is 0.918 bits per heavy atom. The van der Waals surface area contributed by atoms with Gasteiger partial charge in [-0.15, -0.1) is 0 Å². The maximum Gasteiger partial charge on any atom is 0.0713 e. The van der Waals surface area contributed by atoms with Crippen molar-refractivity contribution >= 4 is 50.6 Å². The lowest BCUT2D eigenvalue weighted by Crippen LogP contribution is -2.28. The van der Waals surface area contributed by atoms with Crippen LogP contribution in [0.25, 0.3) is 38.6 Å². The van der Waals surface area contributed by atoms with E-state index in [-0.39, 0.29) is 5.41 Å². The second-order valence-electron chi connectivity index (χ2n) is 16.9. The highest BCUT2D eigenvalue weighted by atomic mass is 32.2. The molecule has 1 aromatic heterocycles. The van der Waals surface area contributed by atoms with Crippen LogP contribution in [-0.2, 0) is 10.8 Å². The van der Waals surface area contributed by atoms with Gasteiger partial charge in [-0.25, -0.2) is 0 Å². The molecule has 2 nitrogen and oxygen atoms in total. The third-order valence-corrected chi connectivity index (χ3v) is 14.5. The van der Waals surface area contributed by atoms with Gasteiger partial charge in [-0.1, -0.05) is 177 Å². The second-order valence-corrected chi connectivity index (χ2v) is 18.0. The third-order valence-electron chi connectivity index (χ3n) is 13.3. The minimum Gasteiger partial charge on any atom is -0.310 e. The van der Waals surface area contributed by atoms with Crippen molar-refractivity contribution in [2.24, 2.45) is 0 Å². The van der Waals surface area contributed by atoms with E-state index in [1.807, 2.05) is 11.8 Å². The van der Waals surface area contributed by atoms with Crippen molar-refractivity contribution in [1.82, 2.24) is 4.57 Å². The molecule has 0 unspecified atom stereocenters. The molecule has 0 radical (unpaired) electrons. The van der Waals surface area contributed by atoms with E-state index in [4.69, 9.17) is 0 Å². The van der Waals surface area contributed by atoms with Crippen LogP contribution in [-0.4, -0.2) is 4.57 Å². The zero-order valence-electron chi connectivity index (χ0n) is 34.1. The van der Waals surface area contributed by atoms with Crippen LogP contribution in [0.2, 0.25) is 0 Å². The van der Waals surface area contributed by atoms with Gasteiger partial charge in [-0.3, -0.25) is 0 Å². The number of hydrogen-bond donors (Lipinski definition) is 0. The highest BCUT2D eigenvalue weighted by Crippen LogP contribution is 2.57. The maximum atomic E-state index is 2.46. The summed E-state index contributed by atoms with van der Waals surface area (Å²) in [7, 11) is 0. The predicted octanol–water partition coefficient (Wildman–Crippen LogP) is 15.4. The molecule has 10 aromatic rings. The fourth-order valence-corrected chi connectivity index (χ4v) is 11.9. The number of benzene rings is 9. The Morgan fingerprint density at radius 1 is 0.393 bits per heavy atom. The minimum atomic E-state index is -0.464. The number of hydrogen-bond acceptors (Lipinski definition) is 2. The van der Waals surface area contributed by atoms with E-state index in [9.17, 15) is 0 Å². The Bertz CT molecular complexity index is 3260. The molecule has 0 atom stereocenters. The van der Waals surface area contributed by atoms with Crippen molar-refractivity contribution in [3.8, 4) is 16.8 Å². The SMILES string of the molecule is CC1(C)c2ccccc2Sc2ccc(N(c3ccc(C4(c5ccccc5)c5ccccc5-c5ccccc54)cc3)c3ccc4c5ccccc5n(-c5ccccc5)c4c3)cc21. The lowest BCUT2D eigenvalue weighted by Gasteiger charge is -2.36. The Morgan fingerprint density at radius 3 is 1.66 bits per heavy atom. The van der Waals surface area contributed by atoms with Crippen LogP contribution in [0.5, 0.6) is 0 Å². The van der Waals surface area contributed by atoms with E-state index in [0.717, 1.165) is 22.7 Å². The van der Waals surface area contributed by atoms with E-state index in [1.54, 1.807) is 0 Å². The van der Waals surface area contributed by atoms with Gasteiger partial charge in [-0.2, -0.15) is 0 Å². The van der Waals surface area contributed by atoms with Crippen LogP contribution >= 0.6 is 11.8 Å². The van der Waals surface area contributed by atoms with Gasteiger partial charge in [0.05, 0.1) is 16.4 Å². The summed E-state index contributed by atoms with van der Waals surface area (Å²) in [6.07, 6.45) is 0. The van der Waals surface area contributed by atoms with Crippen LogP contribution < -0.4 is 4.90 Å². The van der Waals surface area contributed by atoms with Crippen molar-refractivity contribution in [3.05, 3.63) is 252 Å². The Kier molecular flexibility index (Phi) is 8.07. The Hall–Kier alpha value is -7.07. The third kappa shape index (κ3) is 5.30. The highest BCUT2D eigenvalue weighted by molar-refractivity contribution is 7.99. The molecule has 0 spiro atoms. The second kappa shape index (κ2) is 13.7. The highest BCUT2D eigenvalue weighted by Gasteiger charge is 2.46. The van der Waals surface area contributed by atoms with Gasteiger partial charge in [0, 0.05) is 48.7 Å². The molecule has 2 heterocycles. The van der Waals surface area contributed by atoms with Gasteiger partial charge in [0.25, 0.3) is 0 Å². The summed E-state index contributed by atoms with van der Waals surface area (Å²) in [5.41, 5.74) is 16.7. The maximum absolute atomic E-state index is 2.46. The van der Waals surface area contributed by atoms with Crippen molar-refractivity contribution < 1.29 is 0 Å². The molecule has 3 heteroatoms. The molecule has 61 heavy (non-hydrogen) atoms. The zero-order chi connectivity index (χ0) is 40.7. The first-order valence-electron chi connectivity index (χ1n) is 21.2. The Balaban J connectivity index is 1.08. The summed E-state index contributed by atoms with van der Waals surface area (Å²) in [5, 5.41) is 2.49. The molecular formula is C58H42N2S. The summed E-state index contributed by atoms with van der Waals surface area (Å²) < 4.78 is 2.41. The molecule has 0 saturated carbocycles. The molecule has 2 aliphatic rings. The number of aromatic nitrogens is 1. The monoisotopic (exact) mass is 798 g/mol. The normalized spacial score (nSPS) is 14.3.